The van der Waals surface area contributed by atoms with Gasteiger partial charge < -0.3 is 9.64 Å². The molecular formula is C26H38N4O5S. The van der Waals surface area contributed by atoms with Crippen molar-refractivity contribution in [2.24, 2.45) is 0 Å². The molecule has 198 valence electrons. The molecule has 0 atom stereocenters. The molecule has 0 bridgehead atoms. The summed E-state index contributed by atoms with van der Waals surface area (Å²) >= 11 is 0. The second-order valence-corrected chi connectivity index (χ2v) is 12.4. The van der Waals surface area contributed by atoms with E-state index < -0.39 is 10.0 Å². The van der Waals surface area contributed by atoms with Gasteiger partial charge in [-0.1, -0.05) is 32.1 Å². The summed E-state index contributed by atoms with van der Waals surface area (Å²) in [7, 11) is -3.69. The van der Waals surface area contributed by atoms with E-state index in [-0.39, 0.29) is 29.9 Å². The fourth-order valence-electron chi connectivity index (χ4n) is 5.96. The number of sulfonamides is 1. The van der Waals surface area contributed by atoms with Crippen LogP contribution in [0.3, 0.4) is 0 Å². The van der Waals surface area contributed by atoms with Crippen molar-refractivity contribution >= 4 is 27.5 Å². The van der Waals surface area contributed by atoms with Gasteiger partial charge in [0.2, 0.25) is 15.9 Å². The van der Waals surface area contributed by atoms with Crippen molar-refractivity contribution in [1.29, 1.82) is 0 Å². The number of fused-ring (bicyclic) bond motifs is 1. The number of anilines is 1. The van der Waals surface area contributed by atoms with Crippen LogP contribution in [0.15, 0.2) is 23.1 Å². The number of rotatable bonds is 5. The van der Waals surface area contributed by atoms with Gasteiger partial charge in [0.1, 0.15) is 12.3 Å². The topological polar surface area (TPSA) is 90.5 Å². The maximum atomic E-state index is 13.3. The normalized spacial score (nSPS) is 23.2. The average Bonchev–Trinajstić information content (AvgIpc) is 3.21. The van der Waals surface area contributed by atoms with Gasteiger partial charge in [0.05, 0.1) is 10.6 Å². The highest BCUT2D eigenvalue weighted by Crippen LogP contribution is 2.35. The van der Waals surface area contributed by atoms with Crippen LogP contribution in [0.25, 0.3) is 0 Å². The van der Waals surface area contributed by atoms with E-state index >= 15 is 0 Å². The summed E-state index contributed by atoms with van der Waals surface area (Å²) in [5, 5.41) is 0. The standard InChI is InChI=1S/C26H38N4O5S/c31-25(28-16-14-27(15-17-28)21-8-4-3-5-9-21)19-30-23-18-22(10-11-24(23)35-20-26(30)32)36(33,34)29-12-6-1-2-7-13-29/h10-11,18,21H,1-9,12-17,19-20H2. The van der Waals surface area contributed by atoms with Crippen LogP contribution in [0.1, 0.15) is 57.8 Å². The number of hydrogen-bond donors (Lipinski definition) is 0. The highest BCUT2D eigenvalue weighted by molar-refractivity contribution is 7.89. The zero-order valence-corrected chi connectivity index (χ0v) is 21.9. The van der Waals surface area contributed by atoms with E-state index in [9.17, 15) is 18.0 Å². The van der Waals surface area contributed by atoms with Crippen LogP contribution in [0, 0.1) is 0 Å². The van der Waals surface area contributed by atoms with E-state index in [2.05, 4.69) is 4.90 Å². The third-order valence-electron chi connectivity index (χ3n) is 8.13. The first kappa shape index (κ1) is 25.5. The Hall–Kier alpha value is -2.17. The molecule has 3 heterocycles. The molecule has 2 saturated heterocycles. The van der Waals surface area contributed by atoms with Crippen LogP contribution in [0.4, 0.5) is 5.69 Å². The summed E-state index contributed by atoms with van der Waals surface area (Å²) < 4.78 is 33.8. The van der Waals surface area contributed by atoms with Gasteiger partial charge in [-0.2, -0.15) is 4.31 Å². The second kappa shape index (κ2) is 11.1. The molecule has 0 N–H and O–H groups in total. The van der Waals surface area contributed by atoms with Crippen molar-refractivity contribution in [3.8, 4) is 5.75 Å². The SMILES string of the molecule is O=C(CN1C(=O)COc2ccc(S(=O)(=O)N3CCCCCC3)cc21)N1CCN(C2CCCCC2)CC1. The Morgan fingerprint density at radius 3 is 2.25 bits per heavy atom. The molecule has 3 fully saturated rings. The molecule has 10 heteroatoms. The van der Waals surface area contributed by atoms with Gasteiger partial charge in [0, 0.05) is 45.3 Å². The quantitative estimate of drug-likeness (QED) is 0.595. The summed E-state index contributed by atoms with van der Waals surface area (Å²) in [6.07, 6.45) is 10.2. The highest BCUT2D eigenvalue weighted by atomic mass is 32.2. The van der Waals surface area contributed by atoms with Crippen molar-refractivity contribution in [3.05, 3.63) is 18.2 Å². The molecule has 5 rings (SSSR count). The van der Waals surface area contributed by atoms with E-state index in [0.717, 1.165) is 38.8 Å². The third-order valence-corrected chi connectivity index (χ3v) is 10.0. The Balaban J connectivity index is 1.28. The monoisotopic (exact) mass is 518 g/mol. The zero-order chi connectivity index (χ0) is 25.1. The van der Waals surface area contributed by atoms with Crippen molar-refractivity contribution in [1.82, 2.24) is 14.1 Å². The maximum absolute atomic E-state index is 13.3. The fraction of sp³-hybridized carbons (Fsp3) is 0.692. The van der Waals surface area contributed by atoms with Crippen LogP contribution >= 0.6 is 0 Å². The Kier molecular flexibility index (Phi) is 7.83. The van der Waals surface area contributed by atoms with E-state index in [1.165, 1.54) is 47.4 Å². The molecule has 1 aromatic rings. The Morgan fingerprint density at radius 1 is 0.889 bits per heavy atom. The Morgan fingerprint density at radius 2 is 1.56 bits per heavy atom. The Labute approximate surface area is 214 Å². The molecule has 4 aliphatic rings. The molecule has 2 amide bonds. The summed E-state index contributed by atoms with van der Waals surface area (Å²) in [5.74, 6) is -0.0133. The number of hydrogen-bond acceptors (Lipinski definition) is 6. The molecule has 0 aromatic heterocycles. The zero-order valence-electron chi connectivity index (χ0n) is 21.1. The van der Waals surface area contributed by atoms with E-state index in [4.69, 9.17) is 4.74 Å². The van der Waals surface area contributed by atoms with Gasteiger partial charge in [-0.15, -0.1) is 0 Å². The molecule has 1 aromatic carbocycles. The summed E-state index contributed by atoms with van der Waals surface area (Å²) in [4.78, 5) is 31.9. The predicted octanol–water partition coefficient (Wildman–Crippen LogP) is 2.45. The van der Waals surface area contributed by atoms with Crippen LogP contribution in [0.5, 0.6) is 5.75 Å². The largest absolute Gasteiger partial charge is 0.482 e. The lowest BCUT2D eigenvalue weighted by Crippen LogP contribution is -2.55. The number of piperazine rings is 1. The lowest BCUT2D eigenvalue weighted by atomic mass is 9.94. The molecule has 0 unspecified atom stereocenters. The fourth-order valence-corrected chi connectivity index (χ4v) is 7.50. The Bertz CT molecular complexity index is 1060. The minimum atomic E-state index is -3.69. The second-order valence-electron chi connectivity index (χ2n) is 10.4. The van der Waals surface area contributed by atoms with Gasteiger partial charge in [-0.3, -0.25) is 19.4 Å². The maximum Gasteiger partial charge on any atom is 0.265 e. The molecule has 0 radical (unpaired) electrons. The lowest BCUT2D eigenvalue weighted by molar-refractivity contribution is -0.133. The van der Waals surface area contributed by atoms with Crippen molar-refractivity contribution in [2.75, 3.05) is 57.3 Å². The van der Waals surface area contributed by atoms with Gasteiger partial charge in [-0.05, 0) is 43.9 Å². The van der Waals surface area contributed by atoms with Gasteiger partial charge in [-0.25, -0.2) is 8.42 Å². The first-order chi connectivity index (χ1) is 17.4. The first-order valence-electron chi connectivity index (χ1n) is 13.5. The minimum Gasteiger partial charge on any atom is -0.482 e. The molecular weight excluding hydrogens is 480 g/mol. The van der Waals surface area contributed by atoms with E-state index in [0.29, 0.717) is 43.7 Å². The third kappa shape index (κ3) is 5.40. The number of ether oxygens (including phenoxy) is 1. The minimum absolute atomic E-state index is 0.105. The molecule has 1 aliphatic carbocycles. The molecule has 1 saturated carbocycles. The summed E-state index contributed by atoms with van der Waals surface area (Å²) in [6, 6.07) is 5.28. The smallest absolute Gasteiger partial charge is 0.265 e. The average molecular weight is 519 g/mol. The van der Waals surface area contributed by atoms with E-state index in [1.807, 2.05) is 4.90 Å². The first-order valence-corrected chi connectivity index (χ1v) is 15.0. The van der Waals surface area contributed by atoms with E-state index in [1.54, 1.807) is 12.1 Å². The van der Waals surface area contributed by atoms with Gasteiger partial charge in [0.25, 0.3) is 5.91 Å². The number of carbonyl (C=O) groups excluding carboxylic acids is 2. The molecule has 9 nitrogen and oxygen atoms in total. The van der Waals surface area contributed by atoms with Crippen LogP contribution < -0.4 is 9.64 Å². The number of nitrogens with zero attached hydrogens (tertiary/aromatic N) is 4. The summed E-state index contributed by atoms with van der Waals surface area (Å²) in [5.41, 5.74) is 0.358. The van der Waals surface area contributed by atoms with Crippen LogP contribution in [0.2, 0.25) is 0 Å². The van der Waals surface area contributed by atoms with Crippen LogP contribution in [-0.2, 0) is 19.6 Å². The number of carbonyl (C=O) groups is 2. The van der Waals surface area contributed by atoms with Crippen LogP contribution in [-0.4, -0.2) is 92.8 Å². The number of amides is 2. The number of benzene rings is 1. The van der Waals surface area contributed by atoms with Crippen molar-refractivity contribution in [3.63, 3.8) is 0 Å². The van der Waals surface area contributed by atoms with Crippen molar-refractivity contribution < 1.29 is 22.7 Å². The molecule has 0 spiro atoms. The van der Waals surface area contributed by atoms with Crippen molar-refractivity contribution in [2.45, 2.75) is 68.7 Å². The highest BCUT2D eigenvalue weighted by Gasteiger charge is 2.33. The van der Waals surface area contributed by atoms with Gasteiger partial charge in [0.15, 0.2) is 6.61 Å². The predicted molar refractivity (Wildman–Crippen MR) is 137 cm³/mol. The van der Waals surface area contributed by atoms with Gasteiger partial charge >= 0.3 is 0 Å². The summed E-state index contributed by atoms with van der Waals surface area (Å²) in [6.45, 7) is 3.78. The lowest BCUT2D eigenvalue weighted by Gasteiger charge is -2.41. The molecule has 3 aliphatic heterocycles. The molecule has 36 heavy (non-hydrogen) atoms.